The average molecular weight is 276 g/mol. The minimum atomic E-state index is -0.0174. The molecule has 2 aliphatic rings. The zero-order valence-electron chi connectivity index (χ0n) is 12.8. The molecule has 3 heterocycles. The van der Waals surface area contributed by atoms with Crippen LogP contribution >= 0.6 is 0 Å². The van der Waals surface area contributed by atoms with Crippen molar-refractivity contribution < 1.29 is 0 Å². The molecule has 0 amide bonds. The Kier molecular flexibility index (Phi) is 3.12. The molecule has 110 valence electrons. The summed E-state index contributed by atoms with van der Waals surface area (Å²) in [6.07, 6.45) is 3.53. The van der Waals surface area contributed by atoms with Crippen LogP contribution in [0.2, 0.25) is 0 Å². The second-order valence-electron chi connectivity index (χ2n) is 6.85. The highest BCUT2D eigenvalue weighted by molar-refractivity contribution is 5.43. The second-order valence-corrected chi connectivity index (χ2v) is 6.85. The fraction of sp³-hybridized carbons (Fsp3) is 0.733. The summed E-state index contributed by atoms with van der Waals surface area (Å²) in [6.45, 7) is 11.5. The fourth-order valence-corrected chi connectivity index (χ4v) is 3.79. The molecule has 0 aromatic carbocycles. The largest absolute Gasteiger partial charge is 0.346 e. The van der Waals surface area contributed by atoms with Gasteiger partial charge in [-0.05, 0) is 39.5 Å². The first-order chi connectivity index (χ1) is 9.43. The average Bonchev–Trinajstić information content (AvgIpc) is 2.92. The summed E-state index contributed by atoms with van der Waals surface area (Å²) in [7, 11) is 0. The van der Waals surface area contributed by atoms with Crippen molar-refractivity contribution >= 4 is 5.82 Å². The van der Waals surface area contributed by atoms with E-state index in [1.807, 2.05) is 13.8 Å². The summed E-state index contributed by atoms with van der Waals surface area (Å²) >= 11 is 0. The smallest absolute Gasteiger partial charge is 0.293 e. The van der Waals surface area contributed by atoms with Crippen LogP contribution in [0.1, 0.15) is 33.7 Å². The minimum Gasteiger partial charge on any atom is -0.346 e. The van der Waals surface area contributed by atoms with Gasteiger partial charge in [-0.25, -0.2) is 4.98 Å². The Bertz CT molecular complexity index is 563. The van der Waals surface area contributed by atoms with Crippen LogP contribution in [0.4, 0.5) is 5.82 Å². The van der Waals surface area contributed by atoms with E-state index in [-0.39, 0.29) is 17.1 Å². The van der Waals surface area contributed by atoms with Crippen molar-refractivity contribution in [3.05, 3.63) is 22.7 Å². The van der Waals surface area contributed by atoms with Crippen LogP contribution in [-0.4, -0.2) is 34.7 Å². The first kappa shape index (κ1) is 13.6. The van der Waals surface area contributed by atoms with Crippen LogP contribution in [0.15, 0.2) is 17.2 Å². The SMILES string of the molecule is CC(C)n1ccnc(N2CC3CNCC3C2(C)C)c1=O. The van der Waals surface area contributed by atoms with Crippen molar-refractivity contribution in [2.24, 2.45) is 11.8 Å². The first-order valence-electron chi connectivity index (χ1n) is 7.48. The third-order valence-electron chi connectivity index (χ3n) is 5.02. The van der Waals surface area contributed by atoms with Crippen molar-refractivity contribution in [3.63, 3.8) is 0 Å². The van der Waals surface area contributed by atoms with Gasteiger partial charge in [0.05, 0.1) is 0 Å². The summed E-state index contributed by atoms with van der Waals surface area (Å²) in [6, 6.07) is 0.163. The van der Waals surface area contributed by atoms with E-state index in [9.17, 15) is 4.79 Å². The number of aromatic nitrogens is 2. The maximum absolute atomic E-state index is 12.6. The molecular formula is C15H24N4O. The Morgan fingerprint density at radius 1 is 1.40 bits per heavy atom. The van der Waals surface area contributed by atoms with E-state index < -0.39 is 0 Å². The van der Waals surface area contributed by atoms with Gasteiger partial charge in [-0.1, -0.05) is 0 Å². The lowest BCUT2D eigenvalue weighted by Gasteiger charge is -2.36. The fourth-order valence-electron chi connectivity index (χ4n) is 3.79. The number of nitrogens with one attached hydrogen (secondary N) is 1. The summed E-state index contributed by atoms with van der Waals surface area (Å²) in [4.78, 5) is 19.3. The van der Waals surface area contributed by atoms with Crippen LogP contribution in [0, 0.1) is 11.8 Å². The minimum absolute atomic E-state index is 0.0174. The Morgan fingerprint density at radius 2 is 2.15 bits per heavy atom. The molecule has 20 heavy (non-hydrogen) atoms. The molecule has 1 aromatic rings. The predicted octanol–water partition coefficient (Wildman–Crippen LogP) is 1.26. The number of hydrogen-bond donors (Lipinski definition) is 1. The van der Waals surface area contributed by atoms with Gasteiger partial charge in [0.2, 0.25) is 0 Å². The van der Waals surface area contributed by atoms with Crippen LogP contribution in [0.3, 0.4) is 0 Å². The number of hydrogen-bond acceptors (Lipinski definition) is 4. The zero-order chi connectivity index (χ0) is 14.5. The van der Waals surface area contributed by atoms with E-state index in [0.717, 1.165) is 19.6 Å². The van der Waals surface area contributed by atoms with Gasteiger partial charge in [0.15, 0.2) is 5.82 Å². The number of nitrogens with zero attached hydrogens (tertiary/aromatic N) is 3. The molecule has 0 saturated carbocycles. The van der Waals surface area contributed by atoms with Crippen molar-refractivity contribution in [2.75, 3.05) is 24.5 Å². The Morgan fingerprint density at radius 3 is 2.80 bits per heavy atom. The van der Waals surface area contributed by atoms with Crippen LogP contribution < -0.4 is 15.8 Å². The Hall–Kier alpha value is -1.36. The van der Waals surface area contributed by atoms with Gasteiger partial charge < -0.3 is 14.8 Å². The molecule has 1 aromatic heterocycles. The molecule has 2 aliphatic heterocycles. The van der Waals surface area contributed by atoms with E-state index >= 15 is 0 Å². The molecule has 5 heteroatoms. The lowest BCUT2D eigenvalue weighted by atomic mass is 9.85. The normalized spacial score (nSPS) is 28.1. The van der Waals surface area contributed by atoms with Gasteiger partial charge in [0, 0.05) is 43.6 Å². The highest BCUT2D eigenvalue weighted by atomic mass is 16.1. The van der Waals surface area contributed by atoms with Crippen molar-refractivity contribution in [1.29, 1.82) is 0 Å². The number of rotatable bonds is 2. The topological polar surface area (TPSA) is 50.2 Å². The molecule has 3 rings (SSSR count). The zero-order valence-corrected chi connectivity index (χ0v) is 12.8. The van der Waals surface area contributed by atoms with Gasteiger partial charge in [-0.2, -0.15) is 0 Å². The van der Waals surface area contributed by atoms with Gasteiger partial charge in [-0.3, -0.25) is 4.79 Å². The van der Waals surface area contributed by atoms with E-state index in [4.69, 9.17) is 0 Å². The summed E-state index contributed by atoms with van der Waals surface area (Å²) in [5, 5.41) is 3.47. The van der Waals surface area contributed by atoms with Crippen molar-refractivity contribution in [1.82, 2.24) is 14.9 Å². The monoisotopic (exact) mass is 276 g/mol. The van der Waals surface area contributed by atoms with Crippen LogP contribution in [-0.2, 0) is 0 Å². The molecule has 0 bridgehead atoms. The highest BCUT2D eigenvalue weighted by Gasteiger charge is 2.50. The number of anilines is 1. The van der Waals surface area contributed by atoms with Crippen molar-refractivity contribution in [3.8, 4) is 0 Å². The molecule has 0 spiro atoms. The molecule has 2 unspecified atom stereocenters. The van der Waals surface area contributed by atoms with Crippen LogP contribution in [0.25, 0.3) is 0 Å². The predicted molar refractivity (Wildman–Crippen MR) is 80.2 cm³/mol. The number of fused-ring (bicyclic) bond motifs is 1. The lowest BCUT2D eigenvalue weighted by Crippen LogP contribution is -2.47. The Balaban J connectivity index is 2.02. The lowest BCUT2D eigenvalue weighted by molar-refractivity contribution is 0.355. The molecule has 0 radical (unpaired) electrons. The summed E-state index contributed by atoms with van der Waals surface area (Å²) in [5.41, 5.74) is 0.0137. The second kappa shape index (κ2) is 4.58. The highest BCUT2D eigenvalue weighted by Crippen LogP contribution is 2.41. The first-order valence-corrected chi connectivity index (χ1v) is 7.48. The summed E-state index contributed by atoms with van der Waals surface area (Å²) < 4.78 is 1.77. The molecule has 1 N–H and O–H groups in total. The molecular weight excluding hydrogens is 252 g/mol. The molecule has 2 saturated heterocycles. The molecule has 5 nitrogen and oxygen atoms in total. The quantitative estimate of drug-likeness (QED) is 0.883. The third kappa shape index (κ3) is 1.87. The van der Waals surface area contributed by atoms with Gasteiger partial charge in [0.1, 0.15) is 0 Å². The standard InChI is InChI=1S/C15H24N4O/c1-10(2)18-6-5-17-13(14(18)20)19-9-11-7-16-8-12(11)15(19,3)4/h5-6,10-12,16H,7-9H2,1-4H3. The van der Waals surface area contributed by atoms with Crippen LogP contribution in [0.5, 0.6) is 0 Å². The van der Waals surface area contributed by atoms with Crippen molar-refractivity contribution in [2.45, 2.75) is 39.3 Å². The van der Waals surface area contributed by atoms with Gasteiger partial charge in [-0.15, -0.1) is 0 Å². The molecule has 2 fully saturated rings. The maximum atomic E-state index is 12.6. The van der Waals surface area contributed by atoms with E-state index in [0.29, 0.717) is 17.7 Å². The third-order valence-corrected chi connectivity index (χ3v) is 5.02. The maximum Gasteiger partial charge on any atom is 0.293 e. The van der Waals surface area contributed by atoms with E-state index in [1.165, 1.54) is 0 Å². The van der Waals surface area contributed by atoms with Gasteiger partial charge in [0.25, 0.3) is 5.56 Å². The summed E-state index contributed by atoms with van der Waals surface area (Å²) in [5.74, 6) is 1.83. The van der Waals surface area contributed by atoms with E-state index in [1.54, 1.807) is 17.0 Å². The molecule has 2 atom stereocenters. The molecule has 0 aliphatic carbocycles. The Labute approximate surface area is 120 Å². The van der Waals surface area contributed by atoms with Gasteiger partial charge >= 0.3 is 0 Å². The van der Waals surface area contributed by atoms with E-state index in [2.05, 4.69) is 29.0 Å².